The maximum Gasteiger partial charge on any atom is 0.257 e. The van der Waals surface area contributed by atoms with Crippen LogP contribution in [-0.2, 0) is 0 Å². The second-order valence-corrected chi connectivity index (χ2v) is 12.4. The summed E-state index contributed by atoms with van der Waals surface area (Å²) in [6.07, 6.45) is 0.908. The van der Waals surface area contributed by atoms with Crippen molar-refractivity contribution in [2.75, 3.05) is 71.0 Å². The van der Waals surface area contributed by atoms with Crippen LogP contribution < -0.4 is 9.47 Å². The Morgan fingerprint density at radius 1 is 1.08 bits per heavy atom. The molecule has 0 aliphatic carbocycles. The molecule has 3 aliphatic rings. The molecule has 0 spiro atoms. The first-order valence-corrected chi connectivity index (χ1v) is 15.0. The van der Waals surface area contributed by atoms with Crippen LogP contribution in [0.5, 0.6) is 11.5 Å². The first-order chi connectivity index (χ1) is 17.9. The summed E-state index contributed by atoms with van der Waals surface area (Å²) < 4.78 is 11.5. The fraction of sp³-hybridized carbons (Fsp3) is 0.519. The number of carbonyl (C=O) groups excluding carboxylic acids is 1. The fourth-order valence-corrected chi connectivity index (χ4v) is 6.71. The molecule has 2 aromatic carbocycles. The van der Waals surface area contributed by atoms with E-state index in [2.05, 4.69) is 21.6 Å². The zero-order chi connectivity index (χ0) is 25.9. The van der Waals surface area contributed by atoms with Gasteiger partial charge in [0.2, 0.25) is 0 Å². The summed E-state index contributed by atoms with van der Waals surface area (Å²) in [6, 6.07) is 9.79. The summed E-state index contributed by atoms with van der Waals surface area (Å²) in [5, 5.41) is 1.50. The molecule has 3 heterocycles. The van der Waals surface area contributed by atoms with Gasteiger partial charge in [0.05, 0.1) is 15.6 Å². The molecule has 5 rings (SSSR count). The Kier molecular flexibility index (Phi) is 9.00. The smallest absolute Gasteiger partial charge is 0.257 e. The van der Waals surface area contributed by atoms with E-state index in [0.717, 1.165) is 31.6 Å². The van der Waals surface area contributed by atoms with Crippen LogP contribution in [0.15, 0.2) is 30.3 Å². The number of hydrogen-bond donors (Lipinski definition) is 0. The number of ether oxygens (including phenoxy) is 2. The van der Waals surface area contributed by atoms with E-state index in [1.54, 1.807) is 17.0 Å². The van der Waals surface area contributed by atoms with Crippen molar-refractivity contribution < 1.29 is 14.3 Å². The second kappa shape index (κ2) is 12.2. The maximum absolute atomic E-state index is 13.5. The largest absolute Gasteiger partial charge is 0.486 e. The molecule has 1 amide bonds. The molecule has 200 valence electrons. The second-order valence-electron chi connectivity index (χ2n) is 9.88. The molecule has 10 heteroatoms. The molecule has 0 N–H and O–H groups in total. The van der Waals surface area contributed by atoms with Crippen molar-refractivity contribution in [1.29, 1.82) is 0 Å². The molecule has 2 aromatic rings. The molecule has 0 bridgehead atoms. The summed E-state index contributed by atoms with van der Waals surface area (Å²) in [5.74, 6) is 3.40. The number of fused-ring (bicyclic) bond motifs is 1. The average Bonchev–Trinajstić information content (AvgIpc) is 2.88. The van der Waals surface area contributed by atoms with Crippen LogP contribution in [0.3, 0.4) is 0 Å². The van der Waals surface area contributed by atoms with E-state index in [4.69, 9.17) is 44.3 Å². The van der Waals surface area contributed by atoms with Gasteiger partial charge in [0.25, 0.3) is 5.91 Å². The van der Waals surface area contributed by atoms with E-state index in [0.29, 0.717) is 57.9 Å². The van der Waals surface area contributed by atoms with Gasteiger partial charge in [0, 0.05) is 74.3 Å². The highest BCUT2D eigenvalue weighted by molar-refractivity contribution is 7.99. The van der Waals surface area contributed by atoms with Crippen LogP contribution in [0.2, 0.25) is 15.1 Å². The first-order valence-electron chi connectivity index (χ1n) is 12.7. The van der Waals surface area contributed by atoms with E-state index in [9.17, 15) is 4.79 Å². The Bertz CT molecular complexity index is 1130. The summed E-state index contributed by atoms with van der Waals surface area (Å²) in [4.78, 5) is 20.4. The van der Waals surface area contributed by atoms with E-state index in [1.807, 2.05) is 25.2 Å². The minimum atomic E-state index is -0.152. The Morgan fingerprint density at radius 3 is 2.59 bits per heavy atom. The number of hydrogen-bond acceptors (Lipinski definition) is 6. The maximum atomic E-state index is 13.5. The van der Waals surface area contributed by atoms with Crippen molar-refractivity contribution in [2.24, 2.45) is 0 Å². The summed E-state index contributed by atoms with van der Waals surface area (Å²) >= 11 is 20.9. The van der Waals surface area contributed by atoms with Gasteiger partial charge in [-0.2, -0.15) is 11.8 Å². The van der Waals surface area contributed by atoms with E-state index >= 15 is 0 Å². The number of halogens is 3. The molecule has 0 aromatic heterocycles. The van der Waals surface area contributed by atoms with Gasteiger partial charge in [0.1, 0.15) is 13.2 Å². The van der Waals surface area contributed by atoms with Crippen molar-refractivity contribution in [1.82, 2.24) is 14.7 Å². The molecule has 37 heavy (non-hydrogen) atoms. The Hall–Kier alpha value is -1.35. The van der Waals surface area contributed by atoms with Gasteiger partial charge in [-0.05, 0) is 36.7 Å². The standard InChI is InChI=1S/C27H32Cl3N3O3S/c1-31(27(34)22-13-20(28)14-25-26(22)36-9-8-35-25)15-19(18-2-3-23(29)24(30)12-18)4-5-32-16-21(17-32)33-6-10-37-11-7-33/h2-3,12-14,19,21H,4-11,15-17H2,1H3/t19-/m1/s1. The molecular formula is C27H32Cl3N3O3S. The summed E-state index contributed by atoms with van der Waals surface area (Å²) in [6.45, 7) is 6.95. The Balaban J connectivity index is 1.27. The predicted molar refractivity (Wildman–Crippen MR) is 152 cm³/mol. The van der Waals surface area contributed by atoms with Crippen molar-refractivity contribution in [3.8, 4) is 11.5 Å². The zero-order valence-electron chi connectivity index (χ0n) is 20.9. The van der Waals surface area contributed by atoms with Gasteiger partial charge in [-0.1, -0.05) is 40.9 Å². The quantitative estimate of drug-likeness (QED) is 0.414. The number of thioether (sulfide) groups is 1. The molecule has 2 fully saturated rings. The lowest BCUT2D eigenvalue weighted by molar-refractivity contribution is 0.0371. The third-order valence-corrected chi connectivity index (χ3v) is 9.29. The summed E-state index contributed by atoms with van der Waals surface area (Å²) in [5.41, 5.74) is 1.50. The molecule has 0 saturated carbocycles. The number of likely N-dealkylation sites (N-methyl/N-ethyl adjacent to an activating group) is 1. The van der Waals surface area contributed by atoms with Crippen molar-refractivity contribution in [3.63, 3.8) is 0 Å². The minimum Gasteiger partial charge on any atom is -0.486 e. The highest BCUT2D eigenvalue weighted by Crippen LogP contribution is 2.38. The van der Waals surface area contributed by atoms with E-state index in [-0.39, 0.29) is 11.8 Å². The molecule has 6 nitrogen and oxygen atoms in total. The third kappa shape index (κ3) is 6.45. The lowest BCUT2D eigenvalue weighted by Crippen LogP contribution is -2.61. The van der Waals surface area contributed by atoms with Gasteiger partial charge in [-0.25, -0.2) is 0 Å². The van der Waals surface area contributed by atoms with Gasteiger partial charge in [-0.15, -0.1) is 0 Å². The lowest BCUT2D eigenvalue weighted by Gasteiger charge is -2.47. The lowest BCUT2D eigenvalue weighted by atomic mass is 9.93. The van der Waals surface area contributed by atoms with E-state index < -0.39 is 0 Å². The number of nitrogens with zero attached hydrogens (tertiary/aromatic N) is 3. The molecule has 0 unspecified atom stereocenters. The topological polar surface area (TPSA) is 45.2 Å². The van der Waals surface area contributed by atoms with Gasteiger partial charge in [-0.3, -0.25) is 9.69 Å². The number of carbonyl (C=O) groups is 1. The zero-order valence-corrected chi connectivity index (χ0v) is 24.0. The number of rotatable bonds is 8. The van der Waals surface area contributed by atoms with Gasteiger partial charge < -0.3 is 19.3 Å². The van der Waals surface area contributed by atoms with Crippen LogP contribution in [0.1, 0.15) is 28.3 Å². The molecule has 1 atom stereocenters. The molecular weight excluding hydrogens is 553 g/mol. The van der Waals surface area contributed by atoms with Crippen LogP contribution in [0, 0.1) is 0 Å². The van der Waals surface area contributed by atoms with E-state index in [1.165, 1.54) is 24.6 Å². The van der Waals surface area contributed by atoms with Crippen LogP contribution in [0.25, 0.3) is 0 Å². The molecule has 0 radical (unpaired) electrons. The van der Waals surface area contributed by atoms with Crippen LogP contribution in [0.4, 0.5) is 0 Å². The SMILES string of the molecule is CN(C[C@@H](CCN1CC(N2CCSCC2)C1)c1ccc(Cl)c(Cl)c1)C(=O)c1cc(Cl)cc2c1OCCO2. The van der Waals surface area contributed by atoms with Gasteiger partial charge >= 0.3 is 0 Å². The average molecular weight is 585 g/mol. The van der Waals surface area contributed by atoms with Crippen LogP contribution in [-0.4, -0.2) is 97.7 Å². The van der Waals surface area contributed by atoms with Gasteiger partial charge in [0.15, 0.2) is 11.5 Å². The molecule has 3 aliphatic heterocycles. The number of amides is 1. The predicted octanol–water partition coefficient (Wildman–Crippen LogP) is 5.40. The van der Waals surface area contributed by atoms with Crippen LogP contribution >= 0.6 is 46.6 Å². The highest BCUT2D eigenvalue weighted by atomic mass is 35.5. The molecule has 2 saturated heterocycles. The number of benzene rings is 2. The number of likely N-dealkylation sites (tertiary alicyclic amines) is 1. The minimum absolute atomic E-state index is 0.0985. The normalized spacial score (nSPS) is 19.4. The van der Waals surface area contributed by atoms with Crippen molar-refractivity contribution in [3.05, 3.63) is 56.5 Å². The Morgan fingerprint density at radius 2 is 1.84 bits per heavy atom. The monoisotopic (exact) mass is 583 g/mol. The third-order valence-electron chi connectivity index (χ3n) is 7.39. The Labute approximate surface area is 238 Å². The van der Waals surface area contributed by atoms with Crippen molar-refractivity contribution in [2.45, 2.75) is 18.4 Å². The summed E-state index contributed by atoms with van der Waals surface area (Å²) in [7, 11) is 1.82. The van der Waals surface area contributed by atoms with Crippen molar-refractivity contribution >= 4 is 52.5 Å². The highest BCUT2D eigenvalue weighted by Gasteiger charge is 2.33. The first kappa shape index (κ1) is 27.2. The fourth-order valence-electron chi connectivity index (χ4n) is 5.26.